The Bertz CT molecular complexity index is 807. The SMILES string of the molecule is Cc1cc(N)c(S(=O)(=O)Nc2cccc(Cl)c2Br)cc1C. The van der Waals surface area contributed by atoms with E-state index in [0.29, 0.717) is 15.2 Å². The second-order valence-electron chi connectivity index (χ2n) is 4.68. The highest BCUT2D eigenvalue weighted by Crippen LogP contribution is 2.32. The molecule has 0 heterocycles. The Morgan fingerprint density at radius 3 is 2.48 bits per heavy atom. The second-order valence-corrected chi connectivity index (χ2v) is 7.53. The summed E-state index contributed by atoms with van der Waals surface area (Å²) in [4.78, 5) is 0.0532. The zero-order valence-electron chi connectivity index (χ0n) is 11.4. The van der Waals surface area contributed by atoms with E-state index in [2.05, 4.69) is 20.7 Å². The smallest absolute Gasteiger partial charge is 0.263 e. The first-order valence-corrected chi connectivity index (χ1v) is 8.71. The van der Waals surface area contributed by atoms with Crippen LogP contribution in [0.25, 0.3) is 0 Å². The van der Waals surface area contributed by atoms with Gasteiger partial charge < -0.3 is 5.73 Å². The number of nitrogens with two attached hydrogens (primary N) is 1. The fourth-order valence-corrected chi connectivity index (χ4v) is 3.77. The number of hydrogen-bond acceptors (Lipinski definition) is 3. The Morgan fingerprint density at radius 1 is 1.19 bits per heavy atom. The van der Waals surface area contributed by atoms with Crippen LogP contribution in [0.4, 0.5) is 11.4 Å². The third-order valence-electron chi connectivity index (χ3n) is 3.11. The minimum absolute atomic E-state index is 0.0532. The molecular formula is C14H14BrClN2O2S. The average molecular weight is 390 g/mol. The number of aryl methyl sites for hydroxylation is 2. The molecule has 2 rings (SSSR count). The molecule has 0 aliphatic heterocycles. The van der Waals surface area contributed by atoms with Crippen LogP contribution in [0.1, 0.15) is 11.1 Å². The Kier molecular flexibility index (Phi) is 4.51. The highest BCUT2D eigenvalue weighted by Gasteiger charge is 2.20. The van der Waals surface area contributed by atoms with Crippen molar-refractivity contribution in [1.29, 1.82) is 0 Å². The molecule has 0 saturated carbocycles. The molecule has 0 fully saturated rings. The fraction of sp³-hybridized carbons (Fsp3) is 0.143. The molecule has 2 aromatic rings. The van der Waals surface area contributed by atoms with Crippen LogP contribution in [0.3, 0.4) is 0 Å². The molecule has 0 aromatic heterocycles. The lowest BCUT2D eigenvalue weighted by molar-refractivity contribution is 0.601. The van der Waals surface area contributed by atoms with Gasteiger partial charge in [0.05, 0.1) is 20.9 Å². The largest absolute Gasteiger partial charge is 0.398 e. The zero-order valence-corrected chi connectivity index (χ0v) is 14.6. The van der Waals surface area contributed by atoms with Gasteiger partial charge in [-0.15, -0.1) is 0 Å². The quantitative estimate of drug-likeness (QED) is 0.776. The van der Waals surface area contributed by atoms with Gasteiger partial charge in [-0.1, -0.05) is 17.7 Å². The minimum Gasteiger partial charge on any atom is -0.398 e. The third-order valence-corrected chi connectivity index (χ3v) is 5.93. The molecule has 0 bridgehead atoms. The van der Waals surface area contributed by atoms with E-state index in [1.54, 1.807) is 30.3 Å². The zero-order chi connectivity index (χ0) is 15.8. The van der Waals surface area contributed by atoms with Gasteiger partial charge in [0.15, 0.2) is 0 Å². The summed E-state index contributed by atoms with van der Waals surface area (Å²) in [6, 6.07) is 8.15. The van der Waals surface area contributed by atoms with E-state index >= 15 is 0 Å². The summed E-state index contributed by atoms with van der Waals surface area (Å²) in [5.41, 5.74) is 8.21. The maximum absolute atomic E-state index is 12.5. The van der Waals surface area contributed by atoms with Gasteiger partial charge >= 0.3 is 0 Å². The van der Waals surface area contributed by atoms with Crippen LogP contribution in [0.15, 0.2) is 39.7 Å². The second kappa shape index (κ2) is 5.87. The molecule has 0 radical (unpaired) electrons. The van der Waals surface area contributed by atoms with Crippen LogP contribution in [0, 0.1) is 13.8 Å². The van der Waals surface area contributed by atoms with E-state index in [1.807, 2.05) is 13.8 Å². The van der Waals surface area contributed by atoms with Crippen LogP contribution in [0.2, 0.25) is 5.02 Å². The number of benzene rings is 2. The van der Waals surface area contributed by atoms with Gasteiger partial charge in [0.2, 0.25) is 0 Å². The number of rotatable bonds is 3. The lowest BCUT2D eigenvalue weighted by Gasteiger charge is -2.13. The van der Waals surface area contributed by atoms with Crippen molar-refractivity contribution in [3.05, 3.63) is 51.0 Å². The fourth-order valence-electron chi connectivity index (χ4n) is 1.83. The standard InChI is InChI=1S/C14H14BrClN2O2S/c1-8-6-11(17)13(7-9(8)2)21(19,20)18-12-5-3-4-10(16)14(12)15/h3-7,18H,17H2,1-2H3. The van der Waals surface area contributed by atoms with E-state index in [-0.39, 0.29) is 10.6 Å². The number of sulfonamides is 1. The van der Waals surface area contributed by atoms with Crippen LogP contribution in [-0.4, -0.2) is 8.42 Å². The van der Waals surface area contributed by atoms with Crippen molar-refractivity contribution < 1.29 is 8.42 Å². The summed E-state index contributed by atoms with van der Waals surface area (Å²) in [7, 11) is -3.79. The van der Waals surface area contributed by atoms with E-state index in [1.165, 1.54) is 0 Å². The summed E-state index contributed by atoms with van der Waals surface area (Å²) in [6.07, 6.45) is 0. The summed E-state index contributed by atoms with van der Waals surface area (Å²) in [6.45, 7) is 3.71. The first kappa shape index (κ1) is 16.1. The summed E-state index contributed by atoms with van der Waals surface area (Å²) < 4.78 is 28.0. The maximum Gasteiger partial charge on any atom is 0.263 e. The predicted octanol–water partition coefficient (Wildman–Crippen LogP) is 4.10. The lowest BCUT2D eigenvalue weighted by Crippen LogP contribution is -2.15. The molecule has 112 valence electrons. The molecule has 0 spiro atoms. The van der Waals surface area contributed by atoms with E-state index in [0.717, 1.165) is 11.1 Å². The van der Waals surface area contributed by atoms with Gasteiger partial charge in [-0.2, -0.15) is 0 Å². The number of anilines is 2. The van der Waals surface area contributed by atoms with E-state index in [4.69, 9.17) is 17.3 Å². The third kappa shape index (κ3) is 3.33. The highest BCUT2D eigenvalue weighted by atomic mass is 79.9. The van der Waals surface area contributed by atoms with Crippen molar-refractivity contribution in [3.63, 3.8) is 0 Å². The number of halogens is 2. The van der Waals surface area contributed by atoms with Crippen molar-refractivity contribution in [3.8, 4) is 0 Å². The molecule has 0 aliphatic rings. The molecule has 7 heteroatoms. The average Bonchev–Trinajstić information content (AvgIpc) is 2.39. The topological polar surface area (TPSA) is 72.2 Å². The molecule has 0 aliphatic carbocycles. The highest BCUT2D eigenvalue weighted by molar-refractivity contribution is 9.10. The molecule has 0 amide bonds. The first-order chi connectivity index (χ1) is 9.72. The van der Waals surface area contributed by atoms with Gasteiger partial charge in [0.1, 0.15) is 4.90 Å². The molecule has 21 heavy (non-hydrogen) atoms. The van der Waals surface area contributed by atoms with Crippen molar-refractivity contribution in [2.24, 2.45) is 0 Å². The summed E-state index contributed by atoms with van der Waals surface area (Å²) in [5, 5.41) is 0.420. The number of nitrogens with one attached hydrogen (secondary N) is 1. The van der Waals surface area contributed by atoms with Crippen LogP contribution in [0.5, 0.6) is 0 Å². The lowest BCUT2D eigenvalue weighted by atomic mass is 10.1. The van der Waals surface area contributed by atoms with Gasteiger partial charge in [-0.05, 0) is 65.2 Å². The van der Waals surface area contributed by atoms with Crippen molar-refractivity contribution in [2.75, 3.05) is 10.5 Å². The molecule has 4 nitrogen and oxygen atoms in total. The monoisotopic (exact) mass is 388 g/mol. The normalized spacial score (nSPS) is 11.4. The van der Waals surface area contributed by atoms with Gasteiger partial charge in [0, 0.05) is 0 Å². The molecule has 0 saturated heterocycles. The van der Waals surface area contributed by atoms with Crippen molar-refractivity contribution in [1.82, 2.24) is 0 Å². The van der Waals surface area contributed by atoms with Crippen molar-refractivity contribution >= 4 is 48.9 Å². The Hall–Kier alpha value is -1.24. The van der Waals surface area contributed by atoms with E-state index in [9.17, 15) is 8.42 Å². The number of nitrogen functional groups attached to an aromatic ring is 1. The Balaban J connectivity index is 2.48. The maximum atomic E-state index is 12.5. The minimum atomic E-state index is -3.79. The van der Waals surface area contributed by atoms with Crippen LogP contribution < -0.4 is 10.5 Å². The number of hydrogen-bond donors (Lipinski definition) is 2. The van der Waals surface area contributed by atoms with Crippen molar-refractivity contribution in [2.45, 2.75) is 18.7 Å². The van der Waals surface area contributed by atoms with Crippen LogP contribution >= 0.6 is 27.5 Å². The first-order valence-electron chi connectivity index (χ1n) is 6.06. The summed E-state index contributed by atoms with van der Waals surface area (Å²) in [5.74, 6) is 0. The predicted molar refractivity (Wildman–Crippen MR) is 90.3 cm³/mol. The Morgan fingerprint density at radius 2 is 1.81 bits per heavy atom. The molecule has 0 atom stereocenters. The van der Waals surface area contributed by atoms with Gasteiger partial charge in [-0.3, -0.25) is 4.72 Å². The van der Waals surface area contributed by atoms with E-state index < -0.39 is 10.0 Å². The van der Waals surface area contributed by atoms with Crippen LogP contribution in [-0.2, 0) is 10.0 Å². The summed E-state index contributed by atoms with van der Waals surface area (Å²) >= 11 is 9.22. The Labute approximate surface area is 137 Å². The molecule has 2 aromatic carbocycles. The molecule has 0 unspecified atom stereocenters. The van der Waals surface area contributed by atoms with Gasteiger partial charge in [0.25, 0.3) is 10.0 Å². The molecule has 3 N–H and O–H groups in total. The van der Waals surface area contributed by atoms with Gasteiger partial charge in [-0.25, -0.2) is 8.42 Å². The molecular weight excluding hydrogens is 376 g/mol.